The normalized spacial score (nSPS) is 10.5. The number of carbonyl (C=O) groups excluding carboxylic acids is 1. The minimum absolute atomic E-state index is 0.0443. The lowest BCUT2D eigenvalue weighted by molar-refractivity contribution is -0.120. The maximum absolute atomic E-state index is 11.1. The minimum atomic E-state index is -0.0443. The van der Waals surface area contributed by atoms with Crippen molar-refractivity contribution in [3.63, 3.8) is 0 Å². The Kier molecular flexibility index (Phi) is 3.28. The SMILES string of the molecule is CCC(=O)NNc1nc2cc(C)cc(C)c2s1. The average molecular weight is 249 g/mol. The Bertz CT molecular complexity index is 562. The number of nitrogens with one attached hydrogen (secondary N) is 2. The highest BCUT2D eigenvalue weighted by Crippen LogP contribution is 2.29. The van der Waals surface area contributed by atoms with Gasteiger partial charge in [0.15, 0.2) is 0 Å². The third-order valence-corrected chi connectivity index (χ3v) is 3.57. The molecule has 0 fully saturated rings. The standard InChI is InChI=1S/C12H15N3OS/c1-4-10(16)14-15-12-13-9-6-7(2)5-8(3)11(9)17-12/h5-6H,4H2,1-3H3,(H,13,15)(H,14,16). The molecule has 0 aliphatic heterocycles. The van der Waals surface area contributed by atoms with E-state index in [1.165, 1.54) is 11.1 Å². The first-order chi connectivity index (χ1) is 8.10. The number of nitrogens with zero attached hydrogens (tertiary/aromatic N) is 1. The highest BCUT2D eigenvalue weighted by molar-refractivity contribution is 7.22. The van der Waals surface area contributed by atoms with Crippen molar-refractivity contribution in [3.8, 4) is 0 Å². The van der Waals surface area contributed by atoms with Crippen molar-refractivity contribution in [1.29, 1.82) is 0 Å². The molecule has 0 atom stereocenters. The van der Waals surface area contributed by atoms with Crippen LogP contribution in [-0.2, 0) is 4.79 Å². The van der Waals surface area contributed by atoms with E-state index in [9.17, 15) is 4.79 Å². The summed E-state index contributed by atoms with van der Waals surface area (Å²) in [5.74, 6) is -0.0443. The number of carbonyl (C=O) groups is 1. The molecule has 17 heavy (non-hydrogen) atoms. The number of amides is 1. The van der Waals surface area contributed by atoms with Crippen LogP contribution in [0.25, 0.3) is 10.2 Å². The van der Waals surface area contributed by atoms with Crippen molar-refractivity contribution in [2.45, 2.75) is 27.2 Å². The number of aromatic nitrogens is 1. The summed E-state index contributed by atoms with van der Waals surface area (Å²) in [5, 5.41) is 0.718. The minimum Gasteiger partial charge on any atom is -0.273 e. The molecule has 0 aliphatic rings. The van der Waals surface area contributed by atoms with Crippen LogP contribution < -0.4 is 10.9 Å². The van der Waals surface area contributed by atoms with Crippen LogP contribution in [0.1, 0.15) is 24.5 Å². The van der Waals surface area contributed by atoms with Gasteiger partial charge in [0.05, 0.1) is 10.2 Å². The number of aryl methyl sites for hydroxylation is 2. The molecule has 0 saturated heterocycles. The smallest absolute Gasteiger partial charge is 0.238 e. The number of hydrogen-bond donors (Lipinski definition) is 2. The zero-order valence-corrected chi connectivity index (χ0v) is 10.9. The number of benzene rings is 1. The van der Waals surface area contributed by atoms with Crippen LogP contribution in [-0.4, -0.2) is 10.9 Å². The van der Waals surface area contributed by atoms with Crippen LogP contribution in [0.15, 0.2) is 12.1 Å². The Morgan fingerprint density at radius 1 is 1.41 bits per heavy atom. The average Bonchev–Trinajstić information content (AvgIpc) is 2.69. The summed E-state index contributed by atoms with van der Waals surface area (Å²) in [6.45, 7) is 5.93. The zero-order chi connectivity index (χ0) is 12.4. The molecule has 2 N–H and O–H groups in total. The topological polar surface area (TPSA) is 54.0 Å². The van der Waals surface area contributed by atoms with Crippen molar-refractivity contribution in [3.05, 3.63) is 23.3 Å². The molecule has 1 aromatic heterocycles. The molecule has 4 nitrogen and oxygen atoms in total. The Balaban J connectivity index is 2.26. The lowest BCUT2D eigenvalue weighted by Gasteiger charge is -2.01. The van der Waals surface area contributed by atoms with Gasteiger partial charge in [-0.2, -0.15) is 0 Å². The van der Waals surface area contributed by atoms with Gasteiger partial charge in [-0.25, -0.2) is 4.98 Å². The van der Waals surface area contributed by atoms with Crippen molar-refractivity contribution in [2.24, 2.45) is 0 Å². The fourth-order valence-electron chi connectivity index (χ4n) is 1.64. The second kappa shape index (κ2) is 4.71. The highest BCUT2D eigenvalue weighted by Gasteiger charge is 2.07. The van der Waals surface area contributed by atoms with Gasteiger partial charge in [-0.1, -0.05) is 24.3 Å². The third-order valence-electron chi connectivity index (χ3n) is 2.45. The number of rotatable bonds is 3. The van der Waals surface area contributed by atoms with Gasteiger partial charge in [0, 0.05) is 6.42 Å². The van der Waals surface area contributed by atoms with Gasteiger partial charge in [-0.3, -0.25) is 15.6 Å². The van der Waals surface area contributed by atoms with Crippen LogP contribution in [0.4, 0.5) is 5.13 Å². The Hall–Kier alpha value is -1.62. The van der Waals surface area contributed by atoms with Gasteiger partial charge in [0.1, 0.15) is 0 Å². The first-order valence-electron chi connectivity index (χ1n) is 5.52. The lowest BCUT2D eigenvalue weighted by Crippen LogP contribution is -2.28. The van der Waals surface area contributed by atoms with Gasteiger partial charge in [-0.15, -0.1) is 0 Å². The molecular weight excluding hydrogens is 234 g/mol. The van der Waals surface area contributed by atoms with Crippen LogP contribution in [0.3, 0.4) is 0 Å². The summed E-state index contributed by atoms with van der Waals surface area (Å²) >= 11 is 1.55. The molecule has 2 rings (SSSR count). The second-order valence-electron chi connectivity index (χ2n) is 3.98. The molecule has 1 aromatic carbocycles. The number of fused-ring (bicyclic) bond motifs is 1. The molecule has 0 bridgehead atoms. The number of thiazole rings is 1. The van der Waals surface area contributed by atoms with E-state index in [1.54, 1.807) is 11.3 Å². The van der Waals surface area contributed by atoms with E-state index in [1.807, 2.05) is 13.0 Å². The first-order valence-corrected chi connectivity index (χ1v) is 6.34. The monoisotopic (exact) mass is 249 g/mol. The van der Waals surface area contributed by atoms with Crippen molar-refractivity contribution >= 4 is 32.6 Å². The molecule has 0 radical (unpaired) electrons. The molecule has 0 aliphatic carbocycles. The highest BCUT2D eigenvalue weighted by atomic mass is 32.1. The second-order valence-corrected chi connectivity index (χ2v) is 4.97. The Morgan fingerprint density at radius 3 is 2.88 bits per heavy atom. The first kappa shape index (κ1) is 11.9. The summed E-state index contributed by atoms with van der Waals surface area (Å²) in [5.41, 5.74) is 8.83. The lowest BCUT2D eigenvalue weighted by atomic mass is 10.1. The van der Waals surface area contributed by atoms with Gasteiger partial charge in [0.2, 0.25) is 11.0 Å². The quantitative estimate of drug-likeness (QED) is 0.822. The van der Waals surface area contributed by atoms with E-state index in [-0.39, 0.29) is 5.91 Å². The van der Waals surface area contributed by atoms with E-state index < -0.39 is 0 Å². The van der Waals surface area contributed by atoms with Gasteiger partial charge >= 0.3 is 0 Å². The van der Waals surface area contributed by atoms with E-state index >= 15 is 0 Å². The van der Waals surface area contributed by atoms with Crippen LogP contribution >= 0.6 is 11.3 Å². The molecule has 0 spiro atoms. The molecule has 5 heteroatoms. The van der Waals surface area contributed by atoms with Crippen LogP contribution in [0.5, 0.6) is 0 Å². The van der Waals surface area contributed by atoms with Gasteiger partial charge in [-0.05, 0) is 31.0 Å². The molecule has 0 unspecified atom stereocenters. The van der Waals surface area contributed by atoms with E-state index in [0.29, 0.717) is 6.42 Å². The maximum Gasteiger partial charge on any atom is 0.238 e. The molecular formula is C12H15N3OS. The Labute approximate surface area is 104 Å². The van der Waals surface area contributed by atoms with E-state index in [0.717, 1.165) is 15.3 Å². The largest absolute Gasteiger partial charge is 0.273 e. The third kappa shape index (κ3) is 2.55. The summed E-state index contributed by atoms with van der Waals surface area (Å²) in [4.78, 5) is 15.6. The van der Waals surface area contributed by atoms with Crippen molar-refractivity contribution < 1.29 is 4.79 Å². The fourth-order valence-corrected chi connectivity index (χ4v) is 2.51. The maximum atomic E-state index is 11.1. The predicted octanol–water partition coefficient (Wildman–Crippen LogP) is 2.77. The Morgan fingerprint density at radius 2 is 2.18 bits per heavy atom. The van der Waals surface area contributed by atoms with Crippen LogP contribution in [0.2, 0.25) is 0 Å². The molecule has 2 aromatic rings. The molecule has 90 valence electrons. The fraction of sp³-hybridized carbons (Fsp3) is 0.333. The molecule has 1 heterocycles. The summed E-state index contributed by atoms with van der Waals surface area (Å²) in [7, 11) is 0. The molecule has 0 saturated carbocycles. The molecule has 1 amide bonds. The van der Waals surface area contributed by atoms with E-state index in [4.69, 9.17) is 0 Å². The van der Waals surface area contributed by atoms with E-state index in [2.05, 4.69) is 35.7 Å². The summed E-state index contributed by atoms with van der Waals surface area (Å²) < 4.78 is 1.16. The predicted molar refractivity (Wildman–Crippen MR) is 71.2 cm³/mol. The number of hydrogen-bond acceptors (Lipinski definition) is 4. The number of anilines is 1. The van der Waals surface area contributed by atoms with Crippen LogP contribution in [0, 0.1) is 13.8 Å². The van der Waals surface area contributed by atoms with Crippen molar-refractivity contribution in [1.82, 2.24) is 10.4 Å². The van der Waals surface area contributed by atoms with Gasteiger partial charge < -0.3 is 0 Å². The summed E-state index contributed by atoms with van der Waals surface area (Å²) in [6.07, 6.45) is 0.454. The van der Waals surface area contributed by atoms with Crippen molar-refractivity contribution in [2.75, 3.05) is 5.43 Å². The summed E-state index contributed by atoms with van der Waals surface area (Å²) in [6, 6.07) is 4.18. The number of hydrazine groups is 1. The van der Waals surface area contributed by atoms with Gasteiger partial charge in [0.25, 0.3) is 0 Å². The zero-order valence-electron chi connectivity index (χ0n) is 10.1.